The molecular weight excluding hydrogens is 515 g/mol. The summed E-state index contributed by atoms with van der Waals surface area (Å²) in [6, 6.07) is 7.80. The lowest BCUT2D eigenvalue weighted by Gasteiger charge is -2.23. The van der Waals surface area contributed by atoms with Crippen molar-refractivity contribution < 1.29 is 9.52 Å². The maximum Gasteiger partial charge on any atom is 0.191 e. The van der Waals surface area contributed by atoms with Crippen LogP contribution in [0.1, 0.15) is 35.0 Å². The third kappa shape index (κ3) is 6.54. The van der Waals surface area contributed by atoms with Gasteiger partial charge in [0.15, 0.2) is 11.8 Å². The lowest BCUT2D eigenvalue weighted by molar-refractivity contribution is 0.0378. The highest BCUT2D eigenvalue weighted by atomic mass is 127. The van der Waals surface area contributed by atoms with Gasteiger partial charge in [-0.15, -0.1) is 45.5 Å². The highest BCUT2D eigenvalue weighted by Gasteiger charge is 2.27. The molecule has 3 rings (SSSR count). The van der Waals surface area contributed by atoms with E-state index in [0.29, 0.717) is 18.3 Å². The average molecular weight is 544 g/mol. The third-order valence-electron chi connectivity index (χ3n) is 4.68. The summed E-state index contributed by atoms with van der Waals surface area (Å²) in [7, 11) is 1.92. The van der Waals surface area contributed by atoms with Crippen molar-refractivity contribution in [1.29, 1.82) is 0 Å². The fraction of sp³-hybridized carbons (Fsp3) is 0.450. The van der Waals surface area contributed by atoms with E-state index in [1.807, 2.05) is 37.6 Å². The Morgan fingerprint density at radius 1 is 1.27 bits per heavy atom. The molecule has 8 nitrogen and oxygen atoms in total. The second-order valence-corrected chi connectivity index (χ2v) is 8.21. The topological polar surface area (TPSA) is 101 Å². The van der Waals surface area contributed by atoms with Gasteiger partial charge in [-0.05, 0) is 50.8 Å². The maximum absolute atomic E-state index is 10.8. The highest BCUT2D eigenvalue weighted by Crippen LogP contribution is 2.21. The molecule has 1 unspecified atom stereocenters. The normalized spacial score (nSPS) is 13.6. The summed E-state index contributed by atoms with van der Waals surface area (Å²) >= 11 is 1.73. The van der Waals surface area contributed by atoms with Crippen LogP contribution in [0.4, 0.5) is 0 Å². The molecule has 0 aliphatic rings. The standard InChI is InChI=1S/C20H28N6O2S.HI/c1-14-7-8-17(28-14)20(3,27)13-23-19(21-10-9-16-6-5-11-29-16)22-12-18-25-24-15(2)26(18)4;/h5-8,11,27H,9-10,12-13H2,1-4H3,(H2,21,22,23);1H. The minimum Gasteiger partial charge on any atom is -0.463 e. The summed E-state index contributed by atoms with van der Waals surface area (Å²) in [6.45, 7) is 6.84. The molecule has 3 N–H and O–H groups in total. The van der Waals surface area contributed by atoms with Crippen LogP contribution in [0.25, 0.3) is 0 Å². The fourth-order valence-corrected chi connectivity index (χ4v) is 3.45. The third-order valence-corrected chi connectivity index (χ3v) is 5.61. The second kappa shape index (κ2) is 10.9. The van der Waals surface area contributed by atoms with Crippen molar-refractivity contribution in [2.24, 2.45) is 12.0 Å². The van der Waals surface area contributed by atoms with E-state index in [2.05, 4.69) is 37.3 Å². The first-order valence-corrected chi connectivity index (χ1v) is 10.4. The van der Waals surface area contributed by atoms with E-state index >= 15 is 0 Å². The van der Waals surface area contributed by atoms with Crippen LogP contribution in [0, 0.1) is 13.8 Å². The molecule has 0 aliphatic carbocycles. The smallest absolute Gasteiger partial charge is 0.191 e. The van der Waals surface area contributed by atoms with Crippen LogP contribution in [0.2, 0.25) is 0 Å². The first-order valence-electron chi connectivity index (χ1n) is 9.54. The SMILES string of the molecule is Cc1ccc(C(C)(O)CNC(=NCc2nnc(C)n2C)NCCc2cccs2)o1.I. The van der Waals surface area contributed by atoms with Crippen LogP contribution in [0.3, 0.4) is 0 Å². The summed E-state index contributed by atoms with van der Waals surface area (Å²) in [4.78, 5) is 5.93. The number of halogens is 1. The van der Waals surface area contributed by atoms with E-state index in [9.17, 15) is 5.11 Å². The first-order chi connectivity index (χ1) is 13.8. The number of rotatable bonds is 8. The molecule has 0 spiro atoms. The zero-order chi connectivity index (χ0) is 20.9. The van der Waals surface area contributed by atoms with Crippen LogP contribution >= 0.6 is 35.3 Å². The number of guanidine groups is 1. The molecule has 0 saturated carbocycles. The molecule has 0 aromatic carbocycles. The maximum atomic E-state index is 10.8. The Morgan fingerprint density at radius 3 is 2.67 bits per heavy atom. The predicted octanol–water partition coefficient (Wildman–Crippen LogP) is 2.89. The Morgan fingerprint density at radius 2 is 2.07 bits per heavy atom. The van der Waals surface area contributed by atoms with Crippen molar-refractivity contribution in [2.45, 2.75) is 39.3 Å². The number of aryl methyl sites for hydroxylation is 2. The molecule has 30 heavy (non-hydrogen) atoms. The van der Waals surface area contributed by atoms with Crippen molar-refractivity contribution in [3.63, 3.8) is 0 Å². The van der Waals surface area contributed by atoms with Crippen LogP contribution in [0.5, 0.6) is 0 Å². The number of aliphatic imine (C=N–C) groups is 1. The monoisotopic (exact) mass is 544 g/mol. The molecular formula is C20H29IN6O2S. The Kier molecular flexibility index (Phi) is 8.86. The van der Waals surface area contributed by atoms with E-state index in [1.165, 1.54) is 4.88 Å². The molecule has 0 radical (unpaired) electrons. The zero-order valence-corrected chi connectivity index (χ0v) is 20.8. The molecule has 0 amide bonds. The number of nitrogens with one attached hydrogen (secondary N) is 2. The van der Waals surface area contributed by atoms with Crippen molar-refractivity contribution in [1.82, 2.24) is 25.4 Å². The van der Waals surface area contributed by atoms with Gasteiger partial charge in [-0.1, -0.05) is 6.07 Å². The van der Waals surface area contributed by atoms with Gasteiger partial charge in [-0.3, -0.25) is 0 Å². The number of thiophene rings is 1. The van der Waals surface area contributed by atoms with Crippen LogP contribution in [-0.4, -0.2) is 38.9 Å². The summed E-state index contributed by atoms with van der Waals surface area (Å²) in [5.74, 6) is 3.50. The van der Waals surface area contributed by atoms with E-state index in [1.54, 1.807) is 24.3 Å². The number of aromatic nitrogens is 3. The lowest BCUT2D eigenvalue weighted by atomic mass is 10.0. The molecule has 0 fully saturated rings. The summed E-state index contributed by atoms with van der Waals surface area (Å²) in [5, 5.41) is 27.6. The van der Waals surface area contributed by atoms with Gasteiger partial charge in [0.2, 0.25) is 0 Å². The van der Waals surface area contributed by atoms with Crippen molar-refractivity contribution >= 4 is 41.3 Å². The van der Waals surface area contributed by atoms with Gasteiger partial charge in [0.05, 0.1) is 6.54 Å². The Balaban J connectivity index is 0.00000320. The Labute approximate surface area is 197 Å². The second-order valence-electron chi connectivity index (χ2n) is 7.18. The van der Waals surface area contributed by atoms with Crippen LogP contribution in [-0.2, 0) is 25.6 Å². The van der Waals surface area contributed by atoms with Gasteiger partial charge in [0.25, 0.3) is 0 Å². The number of furan rings is 1. The predicted molar refractivity (Wildman–Crippen MR) is 129 cm³/mol. The zero-order valence-electron chi connectivity index (χ0n) is 17.7. The van der Waals surface area contributed by atoms with Crippen molar-refractivity contribution in [3.8, 4) is 0 Å². The van der Waals surface area contributed by atoms with Gasteiger partial charge in [-0.2, -0.15) is 0 Å². The Hall–Kier alpha value is -1.92. The summed E-state index contributed by atoms with van der Waals surface area (Å²) in [5.41, 5.74) is -1.16. The van der Waals surface area contributed by atoms with Crippen LogP contribution < -0.4 is 10.6 Å². The largest absolute Gasteiger partial charge is 0.463 e. The number of hydrogen-bond donors (Lipinski definition) is 3. The summed E-state index contributed by atoms with van der Waals surface area (Å²) in [6.07, 6.45) is 0.898. The summed E-state index contributed by atoms with van der Waals surface area (Å²) < 4.78 is 7.50. The number of aliphatic hydroxyl groups is 1. The van der Waals surface area contributed by atoms with Crippen LogP contribution in [0.15, 0.2) is 39.1 Å². The first kappa shape index (κ1) is 24.4. The molecule has 164 valence electrons. The fourth-order valence-electron chi connectivity index (χ4n) is 2.74. The molecule has 0 saturated heterocycles. The minimum atomic E-state index is -1.16. The molecule has 10 heteroatoms. The molecule has 3 aromatic rings. The average Bonchev–Trinajstić information content (AvgIpc) is 3.42. The van der Waals surface area contributed by atoms with Gasteiger partial charge in [0, 0.05) is 18.5 Å². The van der Waals surface area contributed by atoms with E-state index < -0.39 is 5.60 Å². The molecule has 3 aromatic heterocycles. The molecule has 3 heterocycles. The van der Waals surface area contributed by atoms with E-state index in [-0.39, 0.29) is 30.5 Å². The van der Waals surface area contributed by atoms with Crippen molar-refractivity contribution in [2.75, 3.05) is 13.1 Å². The van der Waals surface area contributed by atoms with Gasteiger partial charge in [0.1, 0.15) is 29.5 Å². The van der Waals surface area contributed by atoms with E-state index in [0.717, 1.165) is 30.4 Å². The van der Waals surface area contributed by atoms with Gasteiger partial charge >= 0.3 is 0 Å². The van der Waals surface area contributed by atoms with Gasteiger partial charge < -0.3 is 24.7 Å². The lowest BCUT2D eigenvalue weighted by Crippen LogP contribution is -2.45. The Bertz CT molecular complexity index is 949. The number of hydrogen-bond acceptors (Lipinski definition) is 6. The van der Waals surface area contributed by atoms with E-state index in [4.69, 9.17) is 4.42 Å². The van der Waals surface area contributed by atoms with Gasteiger partial charge in [-0.25, -0.2) is 4.99 Å². The number of nitrogens with zero attached hydrogens (tertiary/aromatic N) is 4. The highest BCUT2D eigenvalue weighted by molar-refractivity contribution is 14.0. The molecule has 0 aliphatic heterocycles. The minimum absolute atomic E-state index is 0. The molecule has 1 atom stereocenters. The quantitative estimate of drug-likeness (QED) is 0.229. The van der Waals surface area contributed by atoms with Crippen molar-refractivity contribution in [3.05, 3.63) is 57.7 Å². The molecule has 0 bridgehead atoms.